The highest BCUT2D eigenvalue weighted by molar-refractivity contribution is 4.76. The third-order valence-electron chi connectivity index (χ3n) is 3.42. The molecule has 2 N–H and O–H groups in total. The number of nitrogens with zero attached hydrogens (tertiary/aromatic N) is 1. The molecule has 0 saturated carbocycles. The molecule has 0 amide bonds. The molecule has 0 spiro atoms. The molecule has 1 rings (SSSR count). The average Bonchev–Trinajstić information content (AvgIpc) is 2.21. The number of aliphatic hydroxyl groups excluding tert-OH is 1. The minimum atomic E-state index is 0.312. The lowest BCUT2D eigenvalue weighted by molar-refractivity contribution is 0.179. The van der Waals surface area contributed by atoms with Crippen molar-refractivity contribution in [1.82, 2.24) is 10.2 Å². The molecule has 0 radical (unpaired) electrons. The van der Waals surface area contributed by atoms with Crippen molar-refractivity contribution in [1.29, 1.82) is 0 Å². The number of aliphatic hydroxyl groups is 1. The third-order valence-corrected chi connectivity index (χ3v) is 3.42. The molecule has 0 aromatic carbocycles. The first-order chi connectivity index (χ1) is 7.24. The van der Waals surface area contributed by atoms with Crippen LogP contribution in [0.15, 0.2) is 0 Å². The van der Waals surface area contributed by atoms with Gasteiger partial charge in [-0.2, -0.15) is 0 Å². The summed E-state index contributed by atoms with van der Waals surface area (Å²) in [6, 6.07) is 0.722. The van der Waals surface area contributed by atoms with Gasteiger partial charge in [0.1, 0.15) is 0 Å². The topological polar surface area (TPSA) is 35.5 Å². The Kier molecular flexibility index (Phi) is 6.22. The first kappa shape index (κ1) is 12.9. The number of likely N-dealkylation sites (N-methyl/N-ethyl adjacent to an activating group) is 1. The van der Waals surface area contributed by atoms with E-state index in [-0.39, 0.29) is 0 Å². The average molecular weight is 214 g/mol. The van der Waals surface area contributed by atoms with Gasteiger partial charge in [0, 0.05) is 19.2 Å². The van der Waals surface area contributed by atoms with Crippen LogP contribution < -0.4 is 5.32 Å². The predicted molar refractivity (Wildman–Crippen MR) is 64.0 cm³/mol. The second-order valence-corrected chi connectivity index (χ2v) is 4.91. The third kappa shape index (κ3) is 4.96. The van der Waals surface area contributed by atoms with E-state index in [9.17, 15) is 0 Å². The first-order valence-electron chi connectivity index (χ1n) is 6.26. The predicted octanol–water partition coefficient (Wildman–Crippen LogP) is 1.08. The van der Waals surface area contributed by atoms with Crippen LogP contribution in [0.25, 0.3) is 0 Å². The smallest absolute Gasteiger partial charge is 0.0434 e. The van der Waals surface area contributed by atoms with Crippen LogP contribution in [0.2, 0.25) is 0 Å². The summed E-state index contributed by atoms with van der Waals surface area (Å²) in [5.41, 5.74) is 0. The molecule has 2 unspecified atom stereocenters. The molecule has 1 aliphatic heterocycles. The van der Waals surface area contributed by atoms with Gasteiger partial charge in [-0.15, -0.1) is 0 Å². The van der Waals surface area contributed by atoms with E-state index in [1.165, 1.54) is 25.8 Å². The van der Waals surface area contributed by atoms with Crippen LogP contribution in [0.4, 0.5) is 0 Å². The molecule has 90 valence electrons. The Morgan fingerprint density at radius 2 is 2.27 bits per heavy atom. The van der Waals surface area contributed by atoms with Gasteiger partial charge >= 0.3 is 0 Å². The minimum Gasteiger partial charge on any atom is -0.396 e. The van der Waals surface area contributed by atoms with Crippen LogP contribution in [0.1, 0.15) is 32.6 Å². The fraction of sp³-hybridized carbons (Fsp3) is 1.00. The lowest BCUT2D eigenvalue weighted by Gasteiger charge is -2.32. The summed E-state index contributed by atoms with van der Waals surface area (Å²) in [5, 5.41) is 12.3. The standard InChI is InChI=1S/C12H26N2O/c1-11(6-8-15)9-13-10-12-5-3-4-7-14(12)2/h11-13,15H,3-10H2,1-2H3. The number of piperidine rings is 1. The zero-order chi connectivity index (χ0) is 11.1. The molecule has 0 aromatic heterocycles. The fourth-order valence-corrected chi connectivity index (χ4v) is 2.22. The van der Waals surface area contributed by atoms with Gasteiger partial charge in [-0.05, 0) is 45.3 Å². The van der Waals surface area contributed by atoms with Crippen LogP contribution >= 0.6 is 0 Å². The molecule has 1 heterocycles. The van der Waals surface area contributed by atoms with Gasteiger partial charge in [0.2, 0.25) is 0 Å². The molecule has 15 heavy (non-hydrogen) atoms. The summed E-state index contributed by atoms with van der Waals surface area (Å²) in [6.45, 7) is 5.88. The van der Waals surface area contributed by atoms with Gasteiger partial charge in [-0.1, -0.05) is 13.3 Å². The maximum atomic E-state index is 8.79. The largest absolute Gasteiger partial charge is 0.396 e. The van der Waals surface area contributed by atoms with Gasteiger partial charge in [0.25, 0.3) is 0 Å². The van der Waals surface area contributed by atoms with E-state index in [2.05, 4.69) is 24.2 Å². The Bertz CT molecular complexity index is 164. The monoisotopic (exact) mass is 214 g/mol. The van der Waals surface area contributed by atoms with Crippen LogP contribution in [0.5, 0.6) is 0 Å². The Labute approximate surface area is 93.9 Å². The van der Waals surface area contributed by atoms with E-state index in [4.69, 9.17) is 5.11 Å². The van der Waals surface area contributed by atoms with Crippen LogP contribution in [0.3, 0.4) is 0 Å². The summed E-state index contributed by atoms with van der Waals surface area (Å²) in [6.07, 6.45) is 4.97. The molecule has 1 saturated heterocycles. The molecular weight excluding hydrogens is 188 g/mol. The highest BCUT2D eigenvalue weighted by atomic mass is 16.3. The highest BCUT2D eigenvalue weighted by Crippen LogP contribution is 2.14. The first-order valence-corrected chi connectivity index (χ1v) is 6.26. The summed E-state index contributed by atoms with van der Waals surface area (Å²) in [7, 11) is 2.22. The quantitative estimate of drug-likeness (QED) is 0.694. The molecule has 1 aliphatic rings. The summed E-state index contributed by atoms with van der Waals surface area (Å²) in [4.78, 5) is 2.47. The van der Waals surface area contributed by atoms with Crippen LogP contribution in [0, 0.1) is 5.92 Å². The SMILES string of the molecule is CC(CCO)CNCC1CCCCN1C. The fourth-order valence-electron chi connectivity index (χ4n) is 2.22. The number of nitrogens with one attached hydrogen (secondary N) is 1. The van der Waals surface area contributed by atoms with E-state index in [0.717, 1.165) is 25.6 Å². The normalized spacial score (nSPS) is 25.4. The van der Waals surface area contributed by atoms with E-state index >= 15 is 0 Å². The Morgan fingerprint density at radius 1 is 1.47 bits per heavy atom. The molecular formula is C12H26N2O. The number of hydrogen-bond donors (Lipinski definition) is 2. The van der Waals surface area contributed by atoms with Crippen molar-refractivity contribution in [2.75, 3.05) is 33.3 Å². The van der Waals surface area contributed by atoms with Crippen molar-refractivity contribution in [3.05, 3.63) is 0 Å². The van der Waals surface area contributed by atoms with Crippen LogP contribution in [-0.4, -0.2) is 49.3 Å². The zero-order valence-electron chi connectivity index (χ0n) is 10.2. The molecule has 3 heteroatoms. The summed E-state index contributed by atoms with van der Waals surface area (Å²) < 4.78 is 0. The maximum absolute atomic E-state index is 8.79. The Balaban J connectivity index is 2.08. The summed E-state index contributed by atoms with van der Waals surface area (Å²) >= 11 is 0. The molecule has 3 nitrogen and oxygen atoms in total. The van der Waals surface area contributed by atoms with E-state index < -0.39 is 0 Å². The van der Waals surface area contributed by atoms with Crippen LogP contribution in [-0.2, 0) is 0 Å². The molecule has 0 aliphatic carbocycles. The van der Waals surface area contributed by atoms with Crippen molar-refractivity contribution in [2.24, 2.45) is 5.92 Å². The van der Waals surface area contributed by atoms with Gasteiger partial charge in [0.15, 0.2) is 0 Å². The van der Waals surface area contributed by atoms with Crippen molar-refractivity contribution in [2.45, 2.75) is 38.6 Å². The minimum absolute atomic E-state index is 0.312. The lowest BCUT2D eigenvalue weighted by Crippen LogP contribution is -2.43. The molecule has 1 fully saturated rings. The highest BCUT2D eigenvalue weighted by Gasteiger charge is 2.18. The molecule has 2 atom stereocenters. The second-order valence-electron chi connectivity index (χ2n) is 4.91. The van der Waals surface area contributed by atoms with Gasteiger partial charge in [-0.25, -0.2) is 0 Å². The Hall–Kier alpha value is -0.120. The Morgan fingerprint density at radius 3 is 2.93 bits per heavy atom. The maximum Gasteiger partial charge on any atom is 0.0434 e. The number of likely N-dealkylation sites (tertiary alicyclic amines) is 1. The van der Waals surface area contributed by atoms with Crippen molar-refractivity contribution < 1.29 is 5.11 Å². The summed E-state index contributed by atoms with van der Waals surface area (Å²) in [5.74, 6) is 0.587. The lowest BCUT2D eigenvalue weighted by atomic mass is 10.0. The number of rotatable bonds is 6. The molecule has 0 aromatic rings. The van der Waals surface area contributed by atoms with Gasteiger partial charge in [0.05, 0.1) is 0 Å². The van der Waals surface area contributed by atoms with Crippen molar-refractivity contribution in [3.63, 3.8) is 0 Å². The second kappa shape index (κ2) is 7.20. The van der Waals surface area contributed by atoms with Crippen molar-refractivity contribution in [3.8, 4) is 0 Å². The number of hydrogen-bond acceptors (Lipinski definition) is 3. The van der Waals surface area contributed by atoms with Gasteiger partial charge in [-0.3, -0.25) is 0 Å². The van der Waals surface area contributed by atoms with E-state index in [1.54, 1.807) is 0 Å². The van der Waals surface area contributed by atoms with Crippen molar-refractivity contribution >= 4 is 0 Å². The zero-order valence-corrected chi connectivity index (χ0v) is 10.2. The van der Waals surface area contributed by atoms with E-state index in [0.29, 0.717) is 12.5 Å². The van der Waals surface area contributed by atoms with Gasteiger partial charge < -0.3 is 15.3 Å². The van der Waals surface area contributed by atoms with E-state index in [1.807, 2.05) is 0 Å². The molecule has 0 bridgehead atoms.